The number of benzene rings is 6. The molecule has 0 radical (unpaired) electrons. The van der Waals surface area contributed by atoms with E-state index < -0.39 is 63.3 Å². The monoisotopic (exact) mass is 754 g/mol. The molecule has 0 fully saturated rings. The van der Waals surface area contributed by atoms with Crippen LogP contribution in [-0.4, -0.2) is 9.13 Å². The summed E-state index contributed by atoms with van der Waals surface area (Å²) >= 11 is 0. The van der Waals surface area contributed by atoms with Gasteiger partial charge in [0.05, 0.1) is 44.6 Å². The highest BCUT2D eigenvalue weighted by molar-refractivity contribution is 6.11. The molecule has 0 aliphatic rings. The molecule has 2 nitrogen and oxygen atoms in total. The Morgan fingerprint density at radius 1 is 0.418 bits per heavy atom. The fourth-order valence-corrected chi connectivity index (χ4v) is 7.61. The van der Waals surface area contributed by atoms with Gasteiger partial charge in [0.15, 0.2) is 23.3 Å². The number of para-hydroxylation sites is 2. The minimum Gasteiger partial charge on any atom is -0.309 e. The fraction of sp³-hybridized carbons (Fsp3) is 0.200. The normalized spacial score (nSPS) is 12.9. The van der Waals surface area contributed by atoms with Gasteiger partial charge in [-0.25, -0.2) is 22.0 Å². The zero-order valence-electron chi connectivity index (χ0n) is 30.7. The lowest BCUT2D eigenvalue weighted by Crippen LogP contribution is -2.14. The van der Waals surface area contributed by atoms with Gasteiger partial charge in [-0.2, -0.15) is 13.2 Å². The van der Waals surface area contributed by atoms with E-state index in [0.717, 1.165) is 23.3 Å². The first-order valence-corrected chi connectivity index (χ1v) is 17.6. The molecule has 2 aromatic heterocycles. The Morgan fingerprint density at radius 2 is 0.818 bits per heavy atom. The quantitative estimate of drug-likeness (QED) is 0.0966. The zero-order valence-corrected chi connectivity index (χ0v) is 30.7. The van der Waals surface area contributed by atoms with Gasteiger partial charge in [-0.15, -0.1) is 0 Å². The van der Waals surface area contributed by atoms with E-state index in [-0.39, 0.29) is 10.8 Å². The molecule has 8 rings (SSSR count). The Morgan fingerprint density at radius 3 is 1.25 bits per heavy atom. The highest BCUT2D eigenvalue weighted by atomic mass is 19.4. The van der Waals surface area contributed by atoms with Gasteiger partial charge in [-0.05, 0) is 70.5 Å². The van der Waals surface area contributed by atoms with Crippen LogP contribution in [0.15, 0.2) is 97.1 Å². The molecule has 0 aliphatic carbocycles. The van der Waals surface area contributed by atoms with Gasteiger partial charge in [0.25, 0.3) is 0 Å². The van der Waals surface area contributed by atoms with Crippen molar-refractivity contribution in [1.29, 1.82) is 0 Å². The highest BCUT2D eigenvalue weighted by Gasteiger charge is 2.38. The van der Waals surface area contributed by atoms with Gasteiger partial charge in [0.1, 0.15) is 0 Å². The largest absolute Gasteiger partial charge is 0.418 e. The Balaban J connectivity index is 1.59. The van der Waals surface area contributed by atoms with Crippen molar-refractivity contribution in [3.63, 3.8) is 0 Å². The molecule has 6 aromatic carbocycles. The number of halogens is 8. The summed E-state index contributed by atoms with van der Waals surface area (Å²) in [6, 6.07) is 26.0. The maximum absolute atomic E-state index is 16.0. The average molecular weight is 755 g/mol. The summed E-state index contributed by atoms with van der Waals surface area (Å²) in [5.74, 6) is -11.2. The van der Waals surface area contributed by atoms with Crippen LogP contribution in [0.1, 0.15) is 58.2 Å². The molecule has 0 aliphatic heterocycles. The molecule has 0 spiro atoms. The number of hydrogen-bond acceptors (Lipinski definition) is 0. The molecule has 0 saturated heterocycles. The van der Waals surface area contributed by atoms with Gasteiger partial charge in [0.2, 0.25) is 5.82 Å². The van der Waals surface area contributed by atoms with Gasteiger partial charge in [0, 0.05) is 27.1 Å². The highest BCUT2D eigenvalue weighted by Crippen LogP contribution is 2.47. The first kappa shape index (κ1) is 36.3. The van der Waals surface area contributed by atoms with Crippen molar-refractivity contribution >= 4 is 43.6 Å². The number of alkyl halides is 3. The molecule has 55 heavy (non-hydrogen) atoms. The van der Waals surface area contributed by atoms with E-state index in [9.17, 15) is 4.39 Å². The van der Waals surface area contributed by atoms with Crippen molar-refractivity contribution in [2.75, 3.05) is 0 Å². The second kappa shape index (κ2) is 12.2. The van der Waals surface area contributed by atoms with E-state index in [1.165, 1.54) is 9.13 Å². The Kier molecular flexibility index (Phi) is 8.05. The summed E-state index contributed by atoms with van der Waals surface area (Å²) in [4.78, 5) is 0. The molecule has 8 aromatic rings. The lowest BCUT2D eigenvalue weighted by atomic mass is 9.86. The van der Waals surface area contributed by atoms with E-state index in [1.54, 1.807) is 72.8 Å². The van der Waals surface area contributed by atoms with E-state index in [4.69, 9.17) is 0 Å². The van der Waals surface area contributed by atoms with Crippen LogP contribution >= 0.6 is 0 Å². The first-order valence-electron chi connectivity index (χ1n) is 17.6. The number of nitrogens with zero attached hydrogens (tertiary/aromatic N) is 2. The predicted molar refractivity (Wildman–Crippen MR) is 203 cm³/mol. The van der Waals surface area contributed by atoms with Crippen LogP contribution in [0.4, 0.5) is 35.1 Å². The van der Waals surface area contributed by atoms with Gasteiger partial charge >= 0.3 is 6.18 Å². The number of rotatable bonds is 3. The molecule has 0 amide bonds. The van der Waals surface area contributed by atoms with E-state index in [0.29, 0.717) is 43.6 Å². The minimum atomic E-state index is -5.06. The van der Waals surface area contributed by atoms with Crippen molar-refractivity contribution in [3.05, 3.63) is 143 Å². The summed E-state index contributed by atoms with van der Waals surface area (Å²) < 4.78 is 126. The summed E-state index contributed by atoms with van der Waals surface area (Å²) in [5.41, 5.74) is -1.53. The molecule has 280 valence electrons. The first-order chi connectivity index (χ1) is 25.8. The second-order valence-corrected chi connectivity index (χ2v) is 16.0. The molecule has 10 heteroatoms. The van der Waals surface area contributed by atoms with Gasteiger partial charge in [-0.3, -0.25) is 0 Å². The number of fused-ring (bicyclic) bond motifs is 6. The zero-order chi connectivity index (χ0) is 39.5. The third-order valence-electron chi connectivity index (χ3n) is 10.5. The summed E-state index contributed by atoms with van der Waals surface area (Å²) in [6.07, 6.45) is -5.06. The van der Waals surface area contributed by atoms with E-state index in [1.807, 2.05) is 53.7 Å². The van der Waals surface area contributed by atoms with Crippen LogP contribution in [0.25, 0.3) is 66.1 Å². The van der Waals surface area contributed by atoms with Crippen molar-refractivity contribution < 1.29 is 35.1 Å². The summed E-state index contributed by atoms with van der Waals surface area (Å²) in [5, 5.41) is 2.47. The lowest BCUT2D eigenvalue weighted by molar-refractivity contribution is -0.137. The van der Waals surface area contributed by atoms with Crippen molar-refractivity contribution in [3.8, 4) is 22.5 Å². The molecule has 0 bridgehead atoms. The Labute approximate surface area is 311 Å². The van der Waals surface area contributed by atoms with E-state index in [2.05, 4.69) is 0 Å². The molecular weight excluding hydrogens is 720 g/mol. The minimum absolute atomic E-state index is 0.314. The molecule has 0 saturated carbocycles. The Bertz CT molecular complexity index is 2850. The maximum Gasteiger partial charge on any atom is 0.418 e. The van der Waals surface area contributed by atoms with Gasteiger partial charge in [-0.1, -0.05) is 90.1 Å². The molecule has 0 N–H and O–H groups in total. The van der Waals surface area contributed by atoms with E-state index >= 15 is 30.7 Å². The van der Waals surface area contributed by atoms with Crippen molar-refractivity contribution in [2.45, 2.75) is 58.5 Å². The average Bonchev–Trinajstić information content (AvgIpc) is 3.64. The predicted octanol–water partition coefficient (Wildman–Crippen LogP) is 13.9. The summed E-state index contributed by atoms with van der Waals surface area (Å²) in [6.45, 7) is 12.0. The third kappa shape index (κ3) is 5.59. The SMILES string of the molecule is CC(C)(C)c1ccc2c(c1)c1ccccc1n2-c1cc(C(F)(F)F)c(-n2c3ccccc3c3cc(C(C)(C)C)ccc32)cc1-c1c(F)c(F)c(F)c(F)c1F. The van der Waals surface area contributed by atoms with Crippen LogP contribution in [0.5, 0.6) is 0 Å². The van der Waals surface area contributed by atoms with Crippen LogP contribution < -0.4 is 0 Å². The van der Waals surface area contributed by atoms with Crippen LogP contribution in [0.2, 0.25) is 0 Å². The fourth-order valence-electron chi connectivity index (χ4n) is 7.61. The lowest BCUT2D eigenvalue weighted by Gasteiger charge is -2.23. The van der Waals surface area contributed by atoms with Crippen molar-refractivity contribution in [2.24, 2.45) is 0 Å². The molecule has 2 heterocycles. The summed E-state index contributed by atoms with van der Waals surface area (Å²) in [7, 11) is 0. The van der Waals surface area contributed by atoms with Crippen LogP contribution in [0, 0.1) is 29.1 Å². The Hall–Kier alpha value is -5.64. The van der Waals surface area contributed by atoms with Gasteiger partial charge < -0.3 is 9.13 Å². The molecule has 0 atom stereocenters. The maximum atomic E-state index is 16.0. The second-order valence-electron chi connectivity index (χ2n) is 16.0. The standard InChI is InChI=1S/C45H34F8N2/c1-43(2,3)23-15-17-33-27(19-23)25-11-7-9-13-31(25)54(33)35-22-30(45(51,52)53)36(21-29(35)37-38(46)40(48)42(50)41(49)39(37)47)55-32-14-10-8-12-26(32)28-20-24(44(4,5)6)16-18-34(28)55/h7-22H,1-6H3. The molecule has 0 unspecified atom stereocenters. The number of aromatic nitrogens is 2. The third-order valence-corrected chi connectivity index (χ3v) is 10.5. The van der Waals surface area contributed by atoms with Crippen molar-refractivity contribution in [1.82, 2.24) is 9.13 Å². The van der Waals surface area contributed by atoms with Crippen LogP contribution in [-0.2, 0) is 17.0 Å². The topological polar surface area (TPSA) is 9.86 Å². The smallest absolute Gasteiger partial charge is 0.309 e. The molecular formula is C45H34F8N2. The number of hydrogen-bond donors (Lipinski definition) is 0. The van der Waals surface area contributed by atoms with Crippen LogP contribution in [0.3, 0.4) is 0 Å².